The number of rotatable bonds is 2. The molecule has 86 valence electrons. The van der Waals surface area contributed by atoms with Crippen molar-refractivity contribution in [2.75, 3.05) is 32.8 Å². The summed E-state index contributed by atoms with van der Waals surface area (Å²) in [6.07, 6.45) is 0. The number of carbonyl (C=O) groups is 2. The standard InChI is InChI=1S/C10H18N2O3/c1-8(2)10(15)12-5-3-11(4-6-12)9(14)7-13/h8,13H,3-7H2,1-2H3. The second-order valence-electron chi connectivity index (χ2n) is 4.02. The number of aliphatic hydroxyl groups is 1. The van der Waals surface area contributed by atoms with Crippen LogP contribution >= 0.6 is 0 Å². The average Bonchev–Trinajstić information content (AvgIpc) is 2.27. The van der Waals surface area contributed by atoms with Crippen LogP contribution in [0.1, 0.15) is 13.8 Å². The summed E-state index contributed by atoms with van der Waals surface area (Å²) in [6, 6.07) is 0. The zero-order chi connectivity index (χ0) is 11.4. The second-order valence-corrected chi connectivity index (χ2v) is 4.02. The van der Waals surface area contributed by atoms with Crippen LogP contribution in [0.2, 0.25) is 0 Å². The Morgan fingerprint density at radius 2 is 1.60 bits per heavy atom. The molecule has 15 heavy (non-hydrogen) atoms. The molecule has 1 saturated heterocycles. The Labute approximate surface area is 89.7 Å². The number of amides is 2. The average molecular weight is 214 g/mol. The normalized spacial score (nSPS) is 17.1. The van der Waals surface area contributed by atoms with Gasteiger partial charge in [-0.1, -0.05) is 13.8 Å². The Morgan fingerprint density at radius 3 is 2.00 bits per heavy atom. The van der Waals surface area contributed by atoms with Crippen molar-refractivity contribution in [1.29, 1.82) is 0 Å². The van der Waals surface area contributed by atoms with Crippen molar-refractivity contribution < 1.29 is 14.7 Å². The maximum absolute atomic E-state index is 11.6. The molecule has 2 amide bonds. The van der Waals surface area contributed by atoms with Gasteiger partial charge in [0.1, 0.15) is 6.61 Å². The lowest BCUT2D eigenvalue weighted by Crippen LogP contribution is -2.52. The monoisotopic (exact) mass is 214 g/mol. The smallest absolute Gasteiger partial charge is 0.248 e. The second kappa shape index (κ2) is 5.11. The first-order chi connectivity index (χ1) is 7.06. The quantitative estimate of drug-likeness (QED) is 0.661. The van der Waals surface area contributed by atoms with Gasteiger partial charge in [0.2, 0.25) is 11.8 Å². The van der Waals surface area contributed by atoms with Crippen molar-refractivity contribution in [1.82, 2.24) is 9.80 Å². The predicted molar refractivity (Wildman–Crippen MR) is 55.1 cm³/mol. The molecule has 0 aromatic rings. The summed E-state index contributed by atoms with van der Waals surface area (Å²) < 4.78 is 0. The molecule has 0 unspecified atom stereocenters. The van der Waals surface area contributed by atoms with Crippen LogP contribution in [0.4, 0.5) is 0 Å². The zero-order valence-electron chi connectivity index (χ0n) is 9.27. The van der Waals surface area contributed by atoms with Crippen LogP contribution in [0.5, 0.6) is 0 Å². The van der Waals surface area contributed by atoms with Gasteiger partial charge in [0.25, 0.3) is 0 Å². The number of carbonyl (C=O) groups excluding carboxylic acids is 2. The lowest BCUT2D eigenvalue weighted by molar-refractivity contribution is -0.142. The molecular weight excluding hydrogens is 196 g/mol. The van der Waals surface area contributed by atoms with Crippen LogP contribution in [-0.2, 0) is 9.59 Å². The maximum Gasteiger partial charge on any atom is 0.248 e. The number of hydrogen-bond acceptors (Lipinski definition) is 3. The molecule has 1 fully saturated rings. The van der Waals surface area contributed by atoms with Gasteiger partial charge in [-0.25, -0.2) is 0 Å². The molecule has 5 nitrogen and oxygen atoms in total. The van der Waals surface area contributed by atoms with Crippen LogP contribution < -0.4 is 0 Å². The molecule has 0 saturated carbocycles. The summed E-state index contributed by atoms with van der Waals surface area (Å²) in [4.78, 5) is 26.1. The highest BCUT2D eigenvalue weighted by Crippen LogP contribution is 2.06. The third kappa shape index (κ3) is 2.92. The molecule has 0 radical (unpaired) electrons. The Morgan fingerprint density at radius 1 is 1.13 bits per heavy atom. The fraction of sp³-hybridized carbons (Fsp3) is 0.800. The minimum absolute atomic E-state index is 0.00472. The van der Waals surface area contributed by atoms with Crippen molar-refractivity contribution in [3.05, 3.63) is 0 Å². The Kier molecular flexibility index (Phi) is 4.08. The molecule has 1 rings (SSSR count). The van der Waals surface area contributed by atoms with Crippen LogP contribution in [0, 0.1) is 5.92 Å². The summed E-state index contributed by atoms with van der Waals surface area (Å²) in [6.45, 7) is 5.49. The van der Waals surface area contributed by atoms with E-state index < -0.39 is 6.61 Å². The summed E-state index contributed by atoms with van der Waals surface area (Å²) in [5.41, 5.74) is 0. The summed E-state index contributed by atoms with van der Waals surface area (Å²) in [7, 11) is 0. The third-order valence-corrected chi connectivity index (χ3v) is 2.57. The van der Waals surface area contributed by atoms with Gasteiger partial charge in [-0.3, -0.25) is 9.59 Å². The molecule has 0 spiro atoms. The van der Waals surface area contributed by atoms with E-state index in [1.165, 1.54) is 0 Å². The van der Waals surface area contributed by atoms with Crippen molar-refractivity contribution >= 4 is 11.8 Å². The minimum atomic E-state index is -0.446. The molecule has 0 aromatic carbocycles. The lowest BCUT2D eigenvalue weighted by Gasteiger charge is -2.35. The highest BCUT2D eigenvalue weighted by atomic mass is 16.3. The molecule has 0 bridgehead atoms. The summed E-state index contributed by atoms with van der Waals surface area (Å²) in [5.74, 6) is -0.122. The van der Waals surface area contributed by atoms with E-state index in [1.54, 1.807) is 9.80 Å². The van der Waals surface area contributed by atoms with E-state index >= 15 is 0 Å². The first-order valence-electron chi connectivity index (χ1n) is 5.23. The molecule has 1 N–H and O–H groups in total. The van der Waals surface area contributed by atoms with Gasteiger partial charge >= 0.3 is 0 Å². The third-order valence-electron chi connectivity index (χ3n) is 2.57. The highest BCUT2D eigenvalue weighted by Gasteiger charge is 2.24. The molecule has 1 heterocycles. The fourth-order valence-electron chi connectivity index (χ4n) is 1.64. The van der Waals surface area contributed by atoms with Crippen molar-refractivity contribution in [2.24, 2.45) is 5.92 Å². The van der Waals surface area contributed by atoms with Crippen LogP contribution in [0.25, 0.3) is 0 Å². The number of aliphatic hydroxyl groups excluding tert-OH is 1. The first kappa shape index (κ1) is 12.0. The van der Waals surface area contributed by atoms with Crippen LogP contribution in [-0.4, -0.2) is 59.5 Å². The van der Waals surface area contributed by atoms with Gasteiger partial charge in [-0.2, -0.15) is 0 Å². The van der Waals surface area contributed by atoms with Gasteiger partial charge in [-0.15, -0.1) is 0 Å². The SMILES string of the molecule is CC(C)C(=O)N1CCN(C(=O)CO)CC1. The van der Waals surface area contributed by atoms with Crippen LogP contribution in [0.15, 0.2) is 0 Å². The molecule has 5 heteroatoms. The molecule has 0 aromatic heterocycles. The molecular formula is C10H18N2O3. The lowest BCUT2D eigenvalue weighted by atomic mass is 10.1. The zero-order valence-corrected chi connectivity index (χ0v) is 9.27. The number of nitrogens with zero attached hydrogens (tertiary/aromatic N) is 2. The Bertz CT molecular complexity index is 245. The molecule has 1 aliphatic heterocycles. The fourth-order valence-corrected chi connectivity index (χ4v) is 1.64. The Hall–Kier alpha value is -1.10. The summed E-state index contributed by atoms with van der Waals surface area (Å²) >= 11 is 0. The molecule has 1 aliphatic rings. The van der Waals surface area contributed by atoms with Crippen molar-refractivity contribution in [3.8, 4) is 0 Å². The largest absolute Gasteiger partial charge is 0.387 e. The van der Waals surface area contributed by atoms with Gasteiger partial charge in [0.15, 0.2) is 0 Å². The van der Waals surface area contributed by atoms with Gasteiger partial charge in [0, 0.05) is 32.1 Å². The van der Waals surface area contributed by atoms with Crippen molar-refractivity contribution in [3.63, 3.8) is 0 Å². The van der Waals surface area contributed by atoms with E-state index in [0.29, 0.717) is 26.2 Å². The Balaban J connectivity index is 2.42. The predicted octanol–water partition coefficient (Wildman–Crippen LogP) is -0.694. The number of piperazine rings is 1. The van der Waals surface area contributed by atoms with E-state index in [4.69, 9.17) is 5.11 Å². The summed E-state index contributed by atoms with van der Waals surface area (Å²) in [5, 5.41) is 8.68. The van der Waals surface area contributed by atoms with E-state index in [9.17, 15) is 9.59 Å². The van der Waals surface area contributed by atoms with E-state index in [0.717, 1.165) is 0 Å². The number of hydrogen-bond donors (Lipinski definition) is 1. The van der Waals surface area contributed by atoms with E-state index in [2.05, 4.69) is 0 Å². The molecule has 0 aliphatic carbocycles. The van der Waals surface area contributed by atoms with Gasteiger partial charge < -0.3 is 14.9 Å². The topological polar surface area (TPSA) is 60.9 Å². The minimum Gasteiger partial charge on any atom is -0.387 e. The van der Waals surface area contributed by atoms with Gasteiger partial charge in [0.05, 0.1) is 0 Å². The van der Waals surface area contributed by atoms with E-state index in [-0.39, 0.29) is 17.7 Å². The van der Waals surface area contributed by atoms with Gasteiger partial charge in [-0.05, 0) is 0 Å². The van der Waals surface area contributed by atoms with Crippen LogP contribution in [0.3, 0.4) is 0 Å². The maximum atomic E-state index is 11.6. The van der Waals surface area contributed by atoms with Crippen molar-refractivity contribution in [2.45, 2.75) is 13.8 Å². The first-order valence-corrected chi connectivity index (χ1v) is 5.23. The molecule has 0 atom stereocenters. The van der Waals surface area contributed by atoms with E-state index in [1.807, 2.05) is 13.8 Å². The highest BCUT2D eigenvalue weighted by molar-refractivity contribution is 5.79.